The first kappa shape index (κ1) is 8.80. The maximum atomic E-state index is 11.9. The van der Waals surface area contributed by atoms with E-state index in [1.54, 1.807) is 0 Å². The molecule has 0 unspecified atom stereocenters. The lowest BCUT2D eigenvalue weighted by Crippen LogP contribution is -2.24. The van der Waals surface area contributed by atoms with Crippen LogP contribution in [0.25, 0.3) is 0 Å². The second kappa shape index (κ2) is 2.98. The summed E-state index contributed by atoms with van der Waals surface area (Å²) in [6.07, 6.45) is -4.51. The van der Waals surface area contributed by atoms with Gasteiger partial charge in [0.1, 0.15) is 0 Å². The molecule has 2 N–H and O–H groups in total. The van der Waals surface area contributed by atoms with E-state index < -0.39 is 18.2 Å². The number of nitrogens with two attached hydrogens (primary N) is 1. The number of hydrogen-bond acceptors (Lipinski definition) is 2. The molecular weight excluding hydrogens is 159 g/mol. The summed E-state index contributed by atoms with van der Waals surface area (Å²) in [4.78, 5) is 0. The van der Waals surface area contributed by atoms with Crippen molar-refractivity contribution in [1.29, 1.82) is 0 Å². The largest absolute Gasteiger partial charge is 0.394 e. The SMILES string of the molecule is NC[C@H]1C[C@@H](C(F)(F)F)CO1. The van der Waals surface area contributed by atoms with Crippen LogP contribution in [0.5, 0.6) is 0 Å². The van der Waals surface area contributed by atoms with Crippen LogP contribution in [0.2, 0.25) is 0 Å². The van der Waals surface area contributed by atoms with Crippen LogP contribution in [0.4, 0.5) is 13.2 Å². The van der Waals surface area contributed by atoms with E-state index in [0.29, 0.717) is 0 Å². The summed E-state index contributed by atoms with van der Waals surface area (Å²) in [5.74, 6) is -1.31. The van der Waals surface area contributed by atoms with Crippen molar-refractivity contribution in [1.82, 2.24) is 0 Å². The molecule has 0 aromatic carbocycles. The van der Waals surface area contributed by atoms with Gasteiger partial charge in [-0.25, -0.2) is 0 Å². The Labute approximate surface area is 62.5 Å². The molecule has 1 rings (SSSR count). The molecule has 0 aromatic rings. The predicted octanol–water partition coefficient (Wildman–Crippen LogP) is 0.912. The van der Waals surface area contributed by atoms with Gasteiger partial charge in [-0.3, -0.25) is 0 Å². The molecule has 5 heteroatoms. The van der Waals surface area contributed by atoms with Gasteiger partial charge in [0, 0.05) is 6.54 Å². The van der Waals surface area contributed by atoms with Crippen molar-refractivity contribution in [2.75, 3.05) is 13.2 Å². The van der Waals surface area contributed by atoms with Crippen molar-refractivity contribution >= 4 is 0 Å². The lowest BCUT2D eigenvalue weighted by Gasteiger charge is -2.11. The minimum atomic E-state index is -4.12. The molecule has 0 radical (unpaired) electrons. The molecule has 1 heterocycles. The van der Waals surface area contributed by atoms with Crippen LogP contribution in [0, 0.1) is 5.92 Å². The minimum absolute atomic E-state index is 0.0139. The third kappa shape index (κ3) is 2.07. The van der Waals surface area contributed by atoms with E-state index in [1.807, 2.05) is 0 Å². The van der Waals surface area contributed by atoms with Crippen LogP contribution in [0.1, 0.15) is 6.42 Å². The smallest absolute Gasteiger partial charge is 0.376 e. The van der Waals surface area contributed by atoms with E-state index in [-0.39, 0.29) is 19.6 Å². The lowest BCUT2D eigenvalue weighted by atomic mass is 10.1. The minimum Gasteiger partial charge on any atom is -0.376 e. The molecule has 0 amide bonds. The normalized spacial score (nSPS) is 32.7. The van der Waals surface area contributed by atoms with Crippen LogP contribution in [-0.2, 0) is 4.74 Å². The maximum absolute atomic E-state index is 11.9. The van der Waals surface area contributed by atoms with Gasteiger partial charge >= 0.3 is 6.18 Å². The summed E-state index contributed by atoms with van der Waals surface area (Å²) >= 11 is 0. The Bertz CT molecular complexity index is 136. The highest BCUT2D eigenvalue weighted by atomic mass is 19.4. The van der Waals surface area contributed by atoms with Crippen molar-refractivity contribution in [2.45, 2.75) is 18.7 Å². The monoisotopic (exact) mass is 169 g/mol. The van der Waals surface area contributed by atoms with Crippen LogP contribution in [-0.4, -0.2) is 25.4 Å². The van der Waals surface area contributed by atoms with Crippen LogP contribution < -0.4 is 5.73 Å². The average molecular weight is 169 g/mol. The van der Waals surface area contributed by atoms with Crippen LogP contribution in [0.15, 0.2) is 0 Å². The van der Waals surface area contributed by atoms with Crippen molar-refractivity contribution in [3.63, 3.8) is 0 Å². The van der Waals surface area contributed by atoms with Crippen LogP contribution in [0.3, 0.4) is 0 Å². The molecule has 0 aliphatic carbocycles. The molecule has 11 heavy (non-hydrogen) atoms. The Morgan fingerprint density at radius 3 is 2.36 bits per heavy atom. The highest BCUT2D eigenvalue weighted by Gasteiger charge is 2.44. The number of halogens is 3. The van der Waals surface area contributed by atoms with Gasteiger partial charge in [0.05, 0.1) is 18.6 Å². The Morgan fingerprint density at radius 2 is 2.09 bits per heavy atom. The van der Waals surface area contributed by atoms with E-state index in [1.165, 1.54) is 0 Å². The van der Waals surface area contributed by atoms with Gasteiger partial charge in [-0.15, -0.1) is 0 Å². The van der Waals surface area contributed by atoms with Crippen molar-refractivity contribution < 1.29 is 17.9 Å². The molecule has 0 bridgehead atoms. The third-order valence-electron chi connectivity index (χ3n) is 1.81. The summed E-state index contributed by atoms with van der Waals surface area (Å²) in [5, 5.41) is 0. The predicted molar refractivity (Wildman–Crippen MR) is 33.0 cm³/mol. The highest BCUT2D eigenvalue weighted by Crippen LogP contribution is 2.34. The number of rotatable bonds is 1. The Balaban J connectivity index is 2.42. The molecule has 1 aliphatic rings. The van der Waals surface area contributed by atoms with Crippen molar-refractivity contribution in [3.8, 4) is 0 Å². The zero-order valence-electron chi connectivity index (χ0n) is 5.90. The molecule has 0 aromatic heterocycles. The highest BCUT2D eigenvalue weighted by molar-refractivity contribution is 4.78. The van der Waals surface area contributed by atoms with E-state index in [9.17, 15) is 13.2 Å². The van der Waals surface area contributed by atoms with Crippen LogP contribution >= 0.6 is 0 Å². The molecule has 2 atom stereocenters. The van der Waals surface area contributed by atoms with E-state index >= 15 is 0 Å². The van der Waals surface area contributed by atoms with E-state index in [2.05, 4.69) is 0 Å². The molecule has 0 spiro atoms. The van der Waals surface area contributed by atoms with Gasteiger partial charge in [-0.05, 0) is 6.42 Å². The standard InChI is InChI=1S/C6H10F3NO/c7-6(8,9)4-1-5(2-10)11-3-4/h4-5H,1-3,10H2/t4-,5-/m1/s1. The number of alkyl halides is 3. The van der Waals surface area contributed by atoms with Crippen molar-refractivity contribution in [2.24, 2.45) is 11.7 Å². The summed E-state index contributed by atoms with van der Waals surface area (Å²) in [6, 6.07) is 0. The third-order valence-corrected chi connectivity index (χ3v) is 1.81. The second-order valence-corrected chi connectivity index (χ2v) is 2.67. The first-order valence-electron chi connectivity index (χ1n) is 3.42. The first-order chi connectivity index (χ1) is 5.04. The van der Waals surface area contributed by atoms with Gasteiger partial charge in [-0.1, -0.05) is 0 Å². The molecule has 1 saturated heterocycles. The molecule has 1 aliphatic heterocycles. The Kier molecular flexibility index (Phi) is 2.39. The van der Waals surface area contributed by atoms with E-state index in [0.717, 1.165) is 0 Å². The maximum Gasteiger partial charge on any atom is 0.394 e. The zero-order chi connectivity index (χ0) is 8.48. The van der Waals surface area contributed by atoms with E-state index in [4.69, 9.17) is 10.5 Å². The van der Waals surface area contributed by atoms with Gasteiger partial charge in [0.15, 0.2) is 0 Å². The van der Waals surface area contributed by atoms with Gasteiger partial charge < -0.3 is 10.5 Å². The summed E-state index contributed by atoms with van der Waals surface area (Å²) < 4.78 is 40.6. The van der Waals surface area contributed by atoms with Gasteiger partial charge in [0.2, 0.25) is 0 Å². The Hall–Kier alpha value is -0.290. The molecule has 66 valence electrons. The fourth-order valence-corrected chi connectivity index (χ4v) is 1.10. The fraction of sp³-hybridized carbons (Fsp3) is 1.00. The molecule has 0 saturated carbocycles. The first-order valence-corrected chi connectivity index (χ1v) is 3.42. The molecular formula is C6H10F3NO. The van der Waals surface area contributed by atoms with Gasteiger partial charge in [0.25, 0.3) is 0 Å². The molecule has 2 nitrogen and oxygen atoms in total. The Morgan fingerprint density at radius 1 is 1.45 bits per heavy atom. The summed E-state index contributed by atoms with van der Waals surface area (Å²) in [5.41, 5.74) is 5.15. The fourth-order valence-electron chi connectivity index (χ4n) is 1.10. The summed E-state index contributed by atoms with van der Waals surface area (Å²) in [7, 11) is 0. The second-order valence-electron chi connectivity index (χ2n) is 2.67. The number of hydrogen-bond donors (Lipinski definition) is 1. The quantitative estimate of drug-likeness (QED) is 0.633. The van der Waals surface area contributed by atoms with Crippen molar-refractivity contribution in [3.05, 3.63) is 0 Å². The van der Waals surface area contributed by atoms with Gasteiger partial charge in [-0.2, -0.15) is 13.2 Å². The average Bonchev–Trinajstić information content (AvgIpc) is 2.32. The lowest BCUT2D eigenvalue weighted by molar-refractivity contribution is -0.173. The zero-order valence-corrected chi connectivity index (χ0v) is 5.90. The summed E-state index contributed by atoms with van der Waals surface area (Å²) in [6.45, 7) is -0.0576. The topological polar surface area (TPSA) is 35.2 Å². The number of ether oxygens (including phenoxy) is 1. The molecule has 1 fully saturated rings.